The molecule has 5 nitrogen and oxygen atoms in total. The molecule has 0 amide bonds. The number of methoxy groups -OCH3 is 1. The molecule has 0 saturated carbocycles. The molecule has 4 aromatic rings. The molecule has 146 valence electrons. The van der Waals surface area contributed by atoms with Gasteiger partial charge in [0.05, 0.1) is 19.4 Å². The number of hydrogen-bond donors (Lipinski definition) is 1. The molecule has 0 saturated heterocycles. The Bertz CT molecular complexity index is 1170. The third-order valence-electron chi connectivity index (χ3n) is 4.94. The maximum absolute atomic E-state index is 12.3. The summed E-state index contributed by atoms with van der Waals surface area (Å²) in [5.74, 6) is 0.817. The minimum atomic E-state index is -3.67. The average molecular weight is 398 g/mol. The van der Waals surface area contributed by atoms with E-state index in [4.69, 9.17) is 14.0 Å². The van der Waals surface area contributed by atoms with E-state index in [1.54, 1.807) is 14.0 Å². The molecule has 0 aliphatic rings. The highest BCUT2D eigenvalue weighted by atomic mass is 31.2. The van der Waals surface area contributed by atoms with Crippen LogP contribution < -0.4 is 4.74 Å². The summed E-state index contributed by atoms with van der Waals surface area (Å²) < 4.78 is 28.5. The summed E-state index contributed by atoms with van der Waals surface area (Å²) in [5.41, 5.74) is 0.812. The van der Waals surface area contributed by atoms with Crippen molar-refractivity contribution in [2.45, 2.75) is 13.1 Å². The zero-order chi connectivity index (χ0) is 19.7. The summed E-state index contributed by atoms with van der Waals surface area (Å²) in [6, 6.07) is 16.1. The van der Waals surface area contributed by atoms with Crippen LogP contribution in [0.1, 0.15) is 12.5 Å². The Morgan fingerprint density at radius 1 is 0.964 bits per heavy atom. The van der Waals surface area contributed by atoms with Crippen LogP contribution in [0.3, 0.4) is 0 Å². The first-order valence-electron chi connectivity index (χ1n) is 9.31. The fourth-order valence-electron chi connectivity index (χ4n) is 3.81. The molecule has 0 radical (unpaired) electrons. The van der Waals surface area contributed by atoms with Crippen molar-refractivity contribution in [1.82, 2.24) is 0 Å². The van der Waals surface area contributed by atoms with Gasteiger partial charge < -0.3 is 18.9 Å². The average Bonchev–Trinajstić information content (AvgIpc) is 2.67. The zero-order valence-electron chi connectivity index (χ0n) is 16.0. The lowest BCUT2D eigenvalue weighted by atomic mass is 9.92. The van der Waals surface area contributed by atoms with E-state index in [0.29, 0.717) is 13.2 Å². The van der Waals surface area contributed by atoms with Gasteiger partial charge in [-0.2, -0.15) is 0 Å². The minimum absolute atomic E-state index is 0.00773. The van der Waals surface area contributed by atoms with Gasteiger partial charge >= 0.3 is 7.60 Å². The van der Waals surface area contributed by atoms with E-state index in [-0.39, 0.29) is 12.8 Å². The predicted octanol–water partition coefficient (Wildman–Crippen LogP) is 5.33. The lowest BCUT2D eigenvalue weighted by molar-refractivity contribution is 0.147. The van der Waals surface area contributed by atoms with Crippen LogP contribution in [0.2, 0.25) is 0 Å². The second kappa shape index (κ2) is 7.69. The van der Waals surface area contributed by atoms with E-state index in [9.17, 15) is 9.46 Å². The van der Waals surface area contributed by atoms with Gasteiger partial charge in [0, 0.05) is 17.9 Å². The van der Waals surface area contributed by atoms with Crippen molar-refractivity contribution in [3.8, 4) is 5.75 Å². The van der Waals surface area contributed by atoms with Crippen molar-refractivity contribution in [3.63, 3.8) is 0 Å². The molecule has 1 N–H and O–H groups in total. The van der Waals surface area contributed by atoms with Crippen LogP contribution in [0.15, 0.2) is 48.5 Å². The molecule has 0 aliphatic heterocycles. The fraction of sp³-hybridized carbons (Fsp3) is 0.273. The van der Waals surface area contributed by atoms with E-state index in [0.717, 1.165) is 43.6 Å². The molecule has 0 spiro atoms. The van der Waals surface area contributed by atoms with Gasteiger partial charge in [-0.3, -0.25) is 4.57 Å². The smallest absolute Gasteiger partial charge is 0.332 e. The molecule has 4 rings (SSSR count). The van der Waals surface area contributed by atoms with Crippen LogP contribution in [0.4, 0.5) is 0 Å². The first kappa shape index (κ1) is 19.2. The van der Waals surface area contributed by atoms with Crippen molar-refractivity contribution in [1.29, 1.82) is 0 Å². The van der Waals surface area contributed by atoms with Crippen molar-refractivity contribution in [3.05, 3.63) is 54.1 Å². The van der Waals surface area contributed by atoms with Crippen molar-refractivity contribution in [2.75, 3.05) is 26.9 Å². The monoisotopic (exact) mass is 398 g/mol. The highest BCUT2D eigenvalue weighted by molar-refractivity contribution is 7.52. The third kappa shape index (κ3) is 3.47. The second-order valence-electron chi connectivity index (χ2n) is 6.77. The van der Waals surface area contributed by atoms with Gasteiger partial charge in [-0.25, -0.2) is 0 Å². The van der Waals surface area contributed by atoms with Gasteiger partial charge in [0.15, 0.2) is 0 Å². The Balaban J connectivity index is 1.92. The van der Waals surface area contributed by atoms with Crippen LogP contribution >= 0.6 is 7.60 Å². The SMILES string of the molecule is CCOP(=O)(O)Cc1ccc2cc(OCCOC)c3cccc4ccc1c2c43. The quantitative estimate of drug-likeness (QED) is 0.247. The predicted molar refractivity (Wildman–Crippen MR) is 113 cm³/mol. The summed E-state index contributed by atoms with van der Waals surface area (Å²) >= 11 is 0. The van der Waals surface area contributed by atoms with Gasteiger partial charge in [-0.05, 0) is 40.1 Å². The second-order valence-corrected chi connectivity index (χ2v) is 8.62. The topological polar surface area (TPSA) is 65.0 Å². The molecule has 6 heteroatoms. The molecular weight excluding hydrogens is 375 g/mol. The minimum Gasteiger partial charge on any atom is -0.491 e. The highest BCUT2D eigenvalue weighted by Crippen LogP contribution is 2.48. The van der Waals surface area contributed by atoms with Gasteiger partial charge in [-0.15, -0.1) is 0 Å². The standard InChI is InChI=1S/C22H23O5P/c1-3-27-28(23,24)14-17-8-7-16-13-20(26-12-11-25-2)19-6-4-5-15-9-10-18(17)22(16)21(15)19/h4-10,13H,3,11-12,14H2,1-2H3,(H,23,24). The Morgan fingerprint density at radius 2 is 1.75 bits per heavy atom. The summed E-state index contributed by atoms with van der Waals surface area (Å²) in [7, 11) is -2.02. The normalized spacial score (nSPS) is 14.1. The van der Waals surface area contributed by atoms with E-state index in [1.165, 1.54) is 0 Å². The van der Waals surface area contributed by atoms with E-state index >= 15 is 0 Å². The lowest BCUT2D eigenvalue weighted by Gasteiger charge is -2.18. The van der Waals surface area contributed by atoms with Crippen LogP contribution in [0, 0.1) is 0 Å². The van der Waals surface area contributed by atoms with Crippen LogP contribution in [0.25, 0.3) is 32.3 Å². The molecule has 0 heterocycles. The van der Waals surface area contributed by atoms with Crippen LogP contribution in [0.5, 0.6) is 5.75 Å². The Hall–Kier alpha value is -2.17. The molecule has 4 aromatic carbocycles. The zero-order valence-corrected chi connectivity index (χ0v) is 16.9. The molecule has 28 heavy (non-hydrogen) atoms. The first-order valence-corrected chi connectivity index (χ1v) is 11.1. The molecule has 0 aliphatic carbocycles. The van der Waals surface area contributed by atoms with Gasteiger partial charge in [0.1, 0.15) is 12.4 Å². The molecule has 1 unspecified atom stereocenters. The molecule has 0 bridgehead atoms. The maximum atomic E-state index is 12.3. The van der Waals surface area contributed by atoms with Crippen molar-refractivity contribution < 1.29 is 23.5 Å². The van der Waals surface area contributed by atoms with Gasteiger partial charge in [0.25, 0.3) is 0 Å². The van der Waals surface area contributed by atoms with E-state index in [1.807, 2.05) is 36.4 Å². The molecule has 0 aromatic heterocycles. The number of ether oxygens (including phenoxy) is 2. The van der Waals surface area contributed by atoms with Gasteiger partial charge in [-0.1, -0.05) is 42.5 Å². The van der Waals surface area contributed by atoms with Crippen molar-refractivity contribution >= 4 is 39.9 Å². The number of hydrogen-bond acceptors (Lipinski definition) is 4. The number of benzene rings is 4. The highest BCUT2D eigenvalue weighted by Gasteiger charge is 2.22. The molecule has 1 atom stereocenters. The summed E-state index contributed by atoms with van der Waals surface area (Å²) in [6.45, 7) is 2.93. The summed E-state index contributed by atoms with van der Waals surface area (Å²) in [5, 5.41) is 6.34. The van der Waals surface area contributed by atoms with Gasteiger partial charge in [0.2, 0.25) is 0 Å². The lowest BCUT2D eigenvalue weighted by Crippen LogP contribution is -2.05. The number of rotatable bonds is 8. The van der Waals surface area contributed by atoms with Crippen molar-refractivity contribution in [2.24, 2.45) is 0 Å². The van der Waals surface area contributed by atoms with E-state index in [2.05, 4.69) is 12.1 Å². The molecule has 0 fully saturated rings. The first-order chi connectivity index (χ1) is 13.5. The van der Waals surface area contributed by atoms with Crippen LogP contribution in [-0.4, -0.2) is 31.8 Å². The maximum Gasteiger partial charge on any atom is 0.332 e. The largest absolute Gasteiger partial charge is 0.491 e. The summed E-state index contributed by atoms with van der Waals surface area (Å²) in [4.78, 5) is 10.1. The Kier molecular flexibility index (Phi) is 5.26. The Labute approximate surface area is 163 Å². The van der Waals surface area contributed by atoms with E-state index < -0.39 is 7.60 Å². The molecular formula is C22H23O5P. The summed E-state index contributed by atoms with van der Waals surface area (Å²) in [6.07, 6.45) is -0.00773. The Morgan fingerprint density at radius 3 is 2.54 bits per heavy atom. The van der Waals surface area contributed by atoms with Crippen LogP contribution in [-0.2, 0) is 20.0 Å². The third-order valence-corrected chi connectivity index (χ3v) is 6.34. The fourth-order valence-corrected chi connectivity index (χ4v) is 5.01.